The second-order valence-electron chi connectivity index (χ2n) is 5.52. The van der Waals surface area contributed by atoms with E-state index >= 15 is 0 Å². The summed E-state index contributed by atoms with van der Waals surface area (Å²) in [7, 11) is -3.25. The molecule has 0 saturated heterocycles. The first-order valence-electron chi connectivity index (χ1n) is 6.60. The Hall–Kier alpha value is -0.580. The molecule has 2 N–H and O–H groups in total. The minimum Gasteiger partial charge on any atom is -0.327 e. The van der Waals surface area contributed by atoms with Gasteiger partial charge < -0.3 is 5.73 Å². The van der Waals surface area contributed by atoms with Gasteiger partial charge in [0.15, 0.2) is 9.84 Å². The molecule has 0 aliphatic heterocycles. The molecule has 3 nitrogen and oxygen atoms in total. The van der Waals surface area contributed by atoms with Crippen molar-refractivity contribution >= 4 is 21.4 Å². The van der Waals surface area contributed by atoms with E-state index < -0.39 is 15.1 Å². The van der Waals surface area contributed by atoms with Crippen molar-refractivity contribution in [1.29, 1.82) is 0 Å². The van der Waals surface area contributed by atoms with E-state index in [2.05, 4.69) is 6.92 Å². The monoisotopic (exact) mass is 301 g/mol. The fraction of sp³-hybridized carbons (Fsp3) is 0.571. The third-order valence-corrected chi connectivity index (χ3v) is 6.43. The summed E-state index contributed by atoms with van der Waals surface area (Å²) in [5.41, 5.74) is 6.67. The van der Waals surface area contributed by atoms with Crippen LogP contribution >= 0.6 is 11.6 Å². The van der Waals surface area contributed by atoms with E-state index in [9.17, 15) is 8.42 Å². The predicted octanol–water partition coefficient (Wildman–Crippen LogP) is 2.77. The van der Waals surface area contributed by atoms with Gasteiger partial charge >= 0.3 is 0 Å². The van der Waals surface area contributed by atoms with Crippen LogP contribution in [-0.4, -0.2) is 19.7 Å². The van der Waals surface area contributed by atoms with E-state index in [1.54, 1.807) is 24.3 Å². The molecule has 1 aliphatic carbocycles. The second-order valence-corrected chi connectivity index (χ2v) is 8.15. The Kier molecular flexibility index (Phi) is 4.54. The number of hydrogen-bond acceptors (Lipinski definition) is 3. The fourth-order valence-electron chi connectivity index (χ4n) is 2.70. The molecule has 1 aromatic rings. The van der Waals surface area contributed by atoms with Gasteiger partial charge in [0.25, 0.3) is 0 Å². The molecule has 19 heavy (non-hydrogen) atoms. The largest absolute Gasteiger partial charge is 0.327 e. The molecule has 0 bridgehead atoms. The maximum absolute atomic E-state index is 12.5. The molecule has 0 aromatic heterocycles. The highest BCUT2D eigenvalue weighted by Crippen LogP contribution is 2.30. The van der Waals surface area contributed by atoms with Crippen molar-refractivity contribution in [3.05, 3.63) is 34.9 Å². The minimum absolute atomic E-state index is 0.0161. The van der Waals surface area contributed by atoms with Crippen molar-refractivity contribution in [3.8, 4) is 0 Å². The van der Waals surface area contributed by atoms with E-state index in [0.717, 1.165) is 12.8 Å². The first-order valence-corrected chi connectivity index (χ1v) is 8.70. The van der Waals surface area contributed by atoms with Crippen molar-refractivity contribution in [1.82, 2.24) is 0 Å². The summed E-state index contributed by atoms with van der Waals surface area (Å²) in [5, 5.41) is 0.0658. The van der Waals surface area contributed by atoms with E-state index in [1.165, 1.54) is 0 Å². The zero-order valence-corrected chi connectivity index (χ0v) is 12.6. The maximum Gasteiger partial charge on any atom is 0.158 e. The molecule has 0 spiro atoms. The summed E-state index contributed by atoms with van der Waals surface area (Å²) in [6.45, 7) is 2.09. The summed E-state index contributed by atoms with van der Waals surface area (Å²) in [4.78, 5) is 0. The second kappa shape index (κ2) is 5.81. The first-order chi connectivity index (χ1) is 8.90. The molecule has 2 rings (SSSR count). The summed E-state index contributed by atoms with van der Waals surface area (Å²) in [5.74, 6) is 0.406. The average molecular weight is 302 g/mol. The standard InChI is InChI=1S/C14H20ClNO2S/c1-10-6-7-13(16)14(8-10)19(17,18)9-11-4-2-3-5-12(11)15/h2-5,10,13-14H,6-9,16H2,1H3. The molecule has 3 atom stereocenters. The lowest BCUT2D eigenvalue weighted by Crippen LogP contribution is -2.45. The number of sulfone groups is 1. The zero-order valence-electron chi connectivity index (χ0n) is 11.0. The zero-order chi connectivity index (χ0) is 14.0. The van der Waals surface area contributed by atoms with Crippen molar-refractivity contribution in [3.63, 3.8) is 0 Å². The van der Waals surface area contributed by atoms with Gasteiger partial charge in [-0.15, -0.1) is 0 Å². The highest BCUT2D eigenvalue weighted by Gasteiger charge is 2.36. The van der Waals surface area contributed by atoms with Crippen LogP contribution in [0.1, 0.15) is 31.7 Å². The SMILES string of the molecule is CC1CCC(N)C(S(=O)(=O)Cc2ccccc2Cl)C1. The maximum atomic E-state index is 12.5. The first kappa shape index (κ1) is 14.8. The van der Waals surface area contributed by atoms with Crippen LogP contribution in [0.5, 0.6) is 0 Å². The lowest BCUT2D eigenvalue weighted by Gasteiger charge is -2.32. The summed E-state index contributed by atoms with van der Waals surface area (Å²) >= 11 is 6.04. The lowest BCUT2D eigenvalue weighted by atomic mass is 9.87. The van der Waals surface area contributed by atoms with Crippen LogP contribution in [0.15, 0.2) is 24.3 Å². The van der Waals surface area contributed by atoms with Gasteiger partial charge in [-0.05, 0) is 36.8 Å². The molecule has 1 aromatic carbocycles. The van der Waals surface area contributed by atoms with Crippen LogP contribution in [-0.2, 0) is 15.6 Å². The van der Waals surface area contributed by atoms with E-state index in [0.29, 0.717) is 22.9 Å². The Morgan fingerprint density at radius 1 is 1.32 bits per heavy atom. The van der Waals surface area contributed by atoms with Crippen LogP contribution in [0, 0.1) is 5.92 Å². The van der Waals surface area contributed by atoms with Crippen LogP contribution in [0.3, 0.4) is 0 Å². The van der Waals surface area contributed by atoms with Gasteiger partial charge in [0.1, 0.15) is 0 Å². The Morgan fingerprint density at radius 3 is 2.68 bits per heavy atom. The predicted molar refractivity (Wildman–Crippen MR) is 78.9 cm³/mol. The molecule has 1 saturated carbocycles. The van der Waals surface area contributed by atoms with Gasteiger partial charge in [-0.2, -0.15) is 0 Å². The molecule has 0 radical (unpaired) electrons. The average Bonchev–Trinajstić information content (AvgIpc) is 2.35. The number of hydrogen-bond donors (Lipinski definition) is 1. The smallest absolute Gasteiger partial charge is 0.158 e. The third-order valence-electron chi connectivity index (χ3n) is 3.88. The Balaban J connectivity index is 2.20. The van der Waals surface area contributed by atoms with Gasteiger partial charge in [0.2, 0.25) is 0 Å². The van der Waals surface area contributed by atoms with Crippen molar-refractivity contribution in [2.24, 2.45) is 11.7 Å². The van der Waals surface area contributed by atoms with Crippen molar-refractivity contribution in [2.45, 2.75) is 43.2 Å². The van der Waals surface area contributed by atoms with Gasteiger partial charge in [-0.3, -0.25) is 0 Å². The molecule has 0 amide bonds. The number of nitrogens with two attached hydrogens (primary N) is 1. The Morgan fingerprint density at radius 2 is 2.00 bits per heavy atom. The van der Waals surface area contributed by atoms with Gasteiger partial charge in [-0.1, -0.05) is 36.7 Å². The van der Waals surface area contributed by atoms with Gasteiger partial charge in [-0.25, -0.2) is 8.42 Å². The van der Waals surface area contributed by atoms with Crippen molar-refractivity contribution in [2.75, 3.05) is 0 Å². The number of halogens is 1. The van der Waals surface area contributed by atoms with Gasteiger partial charge in [0.05, 0.1) is 11.0 Å². The summed E-state index contributed by atoms with van der Waals surface area (Å²) < 4.78 is 25.0. The van der Waals surface area contributed by atoms with Crippen LogP contribution in [0.4, 0.5) is 0 Å². The van der Waals surface area contributed by atoms with Crippen LogP contribution in [0.25, 0.3) is 0 Å². The third kappa shape index (κ3) is 3.50. The molecular weight excluding hydrogens is 282 g/mol. The fourth-order valence-corrected chi connectivity index (χ4v) is 5.18. The molecule has 3 unspecified atom stereocenters. The van der Waals surface area contributed by atoms with E-state index in [1.807, 2.05) is 0 Å². The van der Waals surface area contributed by atoms with Crippen LogP contribution in [0.2, 0.25) is 5.02 Å². The molecule has 0 heterocycles. The van der Waals surface area contributed by atoms with E-state index in [-0.39, 0.29) is 11.8 Å². The topological polar surface area (TPSA) is 60.2 Å². The summed E-state index contributed by atoms with van der Waals surface area (Å²) in [6, 6.07) is 6.84. The van der Waals surface area contributed by atoms with Crippen LogP contribution < -0.4 is 5.73 Å². The Bertz CT molecular complexity index is 544. The number of benzene rings is 1. The molecule has 1 fully saturated rings. The quantitative estimate of drug-likeness (QED) is 0.934. The molecular formula is C14H20ClNO2S. The summed E-state index contributed by atoms with van der Waals surface area (Å²) in [6.07, 6.45) is 2.46. The highest BCUT2D eigenvalue weighted by atomic mass is 35.5. The molecule has 5 heteroatoms. The lowest BCUT2D eigenvalue weighted by molar-refractivity contribution is 0.346. The minimum atomic E-state index is -3.25. The van der Waals surface area contributed by atoms with E-state index in [4.69, 9.17) is 17.3 Å². The highest BCUT2D eigenvalue weighted by molar-refractivity contribution is 7.91. The Labute approximate surface area is 120 Å². The van der Waals surface area contributed by atoms with Crippen molar-refractivity contribution < 1.29 is 8.42 Å². The normalized spacial score (nSPS) is 28.3. The molecule has 106 valence electrons. The molecule has 1 aliphatic rings. The number of rotatable bonds is 3. The van der Waals surface area contributed by atoms with Gasteiger partial charge in [0, 0.05) is 11.1 Å².